The number of carboxylic acids is 1. The van der Waals surface area contributed by atoms with Gasteiger partial charge in [0.05, 0.1) is 11.6 Å². The molecule has 5 nitrogen and oxygen atoms in total. The van der Waals surface area contributed by atoms with Crippen LogP contribution in [0.5, 0.6) is 0 Å². The SMILES string of the molecule is CC1CCN(C(CNC(=O)c2cccc(C(=O)O)c2)c2cccs2)CC1. The van der Waals surface area contributed by atoms with Crippen molar-refractivity contribution in [2.75, 3.05) is 19.6 Å². The largest absolute Gasteiger partial charge is 0.478 e. The lowest BCUT2D eigenvalue weighted by Crippen LogP contribution is -2.41. The highest BCUT2D eigenvalue weighted by atomic mass is 32.1. The molecule has 1 aliphatic rings. The third-order valence-electron chi connectivity index (χ3n) is 4.96. The molecule has 6 heteroatoms. The van der Waals surface area contributed by atoms with Gasteiger partial charge in [0.1, 0.15) is 0 Å². The molecular weight excluding hydrogens is 348 g/mol. The number of amides is 1. The van der Waals surface area contributed by atoms with E-state index in [0.29, 0.717) is 12.1 Å². The second kappa shape index (κ2) is 8.47. The van der Waals surface area contributed by atoms with Crippen LogP contribution in [0.4, 0.5) is 0 Å². The fourth-order valence-corrected chi connectivity index (χ4v) is 4.18. The van der Waals surface area contributed by atoms with Gasteiger partial charge in [-0.25, -0.2) is 4.79 Å². The Hall–Kier alpha value is -2.18. The van der Waals surface area contributed by atoms with E-state index < -0.39 is 5.97 Å². The van der Waals surface area contributed by atoms with Crippen molar-refractivity contribution in [1.29, 1.82) is 0 Å². The molecule has 2 heterocycles. The van der Waals surface area contributed by atoms with Gasteiger partial charge in [-0.3, -0.25) is 9.69 Å². The minimum Gasteiger partial charge on any atom is -0.478 e. The van der Waals surface area contributed by atoms with Gasteiger partial charge in [0.15, 0.2) is 0 Å². The zero-order valence-corrected chi connectivity index (χ0v) is 15.7. The van der Waals surface area contributed by atoms with Crippen LogP contribution in [0, 0.1) is 5.92 Å². The fourth-order valence-electron chi connectivity index (χ4n) is 3.32. The Balaban J connectivity index is 1.68. The van der Waals surface area contributed by atoms with Crippen molar-refractivity contribution in [1.82, 2.24) is 10.2 Å². The molecule has 0 radical (unpaired) electrons. The van der Waals surface area contributed by atoms with Crippen LogP contribution in [0.15, 0.2) is 41.8 Å². The molecule has 1 aliphatic heterocycles. The number of nitrogens with one attached hydrogen (secondary N) is 1. The summed E-state index contributed by atoms with van der Waals surface area (Å²) in [6, 6.07) is 10.5. The molecule has 0 bridgehead atoms. The molecule has 0 saturated carbocycles. The molecule has 0 spiro atoms. The number of hydrogen-bond donors (Lipinski definition) is 2. The Bertz CT molecular complexity index is 752. The minimum atomic E-state index is -1.03. The molecule has 1 amide bonds. The molecule has 1 unspecified atom stereocenters. The number of likely N-dealkylation sites (tertiary alicyclic amines) is 1. The summed E-state index contributed by atoms with van der Waals surface area (Å²) in [6.07, 6.45) is 2.35. The zero-order valence-electron chi connectivity index (χ0n) is 14.9. The second-order valence-electron chi connectivity index (χ2n) is 6.85. The summed E-state index contributed by atoms with van der Waals surface area (Å²) in [5.41, 5.74) is 0.500. The molecule has 2 N–H and O–H groups in total. The van der Waals surface area contributed by atoms with E-state index in [2.05, 4.69) is 28.6 Å². The van der Waals surface area contributed by atoms with E-state index in [1.165, 1.54) is 29.9 Å². The lowest BCUT2D eigenvalue weighted by molar-refractivity contribution is 0.0697. The number of aromatic carboxylic acids is 1. The Kier molecular flexibility index (Phi) is 6.06. The summed E-state index contributed by atoms with van der Waals surface area (Å²) < 4.78 is 0. The van der Waals surface area contributed by atoms with Gasteiger partial charge in [-0.15, -0.1) is 11.3 Å². The van der Waals surface area contributed by atoms with Crippen LogP contribution in [0.25, 0.3) is 0 Å². The number of benzene rings is 1. The lowest BCUT2D eigenvalue weighted by atomic mass is 9.97. The van der Waals surface area contributed by atoms with Crippen LogP contribution in [0.2, 0.25) is 0 Å². The fraction of sp³-hybridized carbons (Fsp3) is 0.400. The average Bonchev–Trinajstić information content (AvgIpc) is 3.17. The zero-order chi connectivity index (χ0) is 18.5. The van der Waals surface area contributed by atoms with Gasteiger partial charge in [-0.05, 0) is 61.5 Å². The molecule has 3 rings (SSSR count). The van der Waals surface area contributed by atoms with Crippen molar-refractivity contribution in [2.24, 2.45) is 5.92 Å². The van der Waals surface area contributed by atoms with Crippen LogP contribution in [-0.4, -0.2) is 41.5 Å². The van der Waals surface area contributed by atoms with Crippen LogP contribution in [0.1, 0.15) is 51.4 Å². The van der Waals surface area contributed by atoms with Crippen molar-refractivity contribution in [3.8, 4) is 0 Å². The molecule has 1 saturated heterocycles. The van der Waals surface area contributed by atoms with Gasteiger partial charge >= 0.3 is 5.97 Å². The summed E-state index contributed by atoms with van der Waals surface area (Å²) in [5, 5.41) is 14.1. The number of rotatable bonds is 6. The Morgan fingerprint density at radius 2 is 1.96 bits per heavy atom. The normalized spacial score (nSPS) is 17.0. The van der Waals surface area contributed by atoms with Crippen molar-refractivity contribution < 1.29 is 14.7 Å². The number of carbonyl (C=O) groups is 2. The van der Waals surface area contributed by atoms with Gasteiger partial charge < -0.3 is 10.4 Å². The van der Waals surface area contributed by atoms with Crippen molar-refractivity contribution in [2.45, 2.75) is 25.8 Å². The van der Waals surface area contributed by atoms with E-state index in [0.717, 1.165) is 19.0 Å². The molecule has 26 heavy (non-hydrogen) atoms. The first-order chi connectivity index (χ1) is 12.5. The van der Waals surface area contributed by atoms with E-state index in [9.17, 15) is 9.59 Å². The van der Waals surface area contributed by atoms with Gasteiger partial charge in [0, 0.05) is 17.0 Å². The molecule has 2 aromatic rings. The van der Waals surface area contributed by atoms with Gasteiger partial charge in [0.25, 0.3) is 5.91 Å². The van der Waals surface area contributed by atoms with E-state index in [-0.39, 0.29) is 17.5 Å². The Morgan fingerprint density at radius 3 is 2.62 bits per heavy atom. The maximum absolute atomic E-state index is 12.5. The van der Waals surface area contributed by atoms with E-state index in [4.69, 9.17) is 5.11 Å². The van der Waals surface area contributed by atoms with Crippen LogP contribution >= 0.6 is 11.3 Å². The highest BCUT2D eigenvalue weighted by Crippen LogP contribution is 2.29. The lowest BCUT2D eigenvalue weighted by Gasteiger charge is -2.36. The first kappa shape index (κ1) is 18.6. The van der Waals surface area contributed by atoms with Gasteiger partial charge in [0.2, 0.25) is 0 Å². The topological polar surface area (TPSA) is 69.6 Å². The van der Waals surface area contributed by atoms with Crippen molar-refractivity contribution in [3.63, 3.8) is 0 Å². The predicted molar refractivity (Wildman–Crippen MR) is 103 cm³/mol. The third kappa shape index (κ3) is 4.51. The predicted octanol–water partition coefficient (Wildman–Crippen LogP) is 3.65. The summed E-state index contributed by atoms with van der Waals surface area (Å²) in [6.45, 7) is 4.88. The first-order valence-electron chi connectivity index (χ1n) is 8.93. The average molecular weight is 372 g/mol. The Morgan fingerprint density at radius 1 is 1.23 bits per heavy atom. The van der Waals surface area contributed by atoms with Crippen LogP contribution < -0.4 is 5.32 Å². The maximum Gasteiger partial charge on any atom is 0.335 e. The summed E-state index contributed by atoms with van der Waals surface area (Å²) in [5.74, 6) is -0.512. The standard InChI is InChI=1S/C20H24N2O3S/c1-14-7-9-22(10-8-14)17(18-6-3-11-26-18)13-21-19(23)15-4-2-5-16(12-15)20(24)25/h2-6,11-12,14,17H,7-10,13H2,1H3,(H,21,23)(H,24,25). The molecule has 1 atom stereocenters. The van der Waals surface area contributed by atoms with E-state index >= 15 is 0 Å². The molecule has 1 aromatic carbocycles. The molecule has 138 valence electrons. The maximum atomic E-state index is 12.5. The van der Waals surface area contributed by atoms with Gasteiger partial charge in [-0.1, -0.05) is 19.1 Å². The number of hydrogen-bond acceptors (Lipinski definition) is 4. The summed E-state index contributed by atoms with van der Waals surface area (Å²) in [7, 11) is 0. The Labute approximate surface area is 157 Å². The monoisotopic (exact) mass is 372 g/mol. The number of nitrogens with zero attached hydrogens (tertiary/aromatic N) is 1. The second-order valence-corrected chi connectivity index (χ2v) is 7.82. The van der Waals surface area contributed by atoms with Gasteiger partial charge in [-0.2, -0.15) is 0 Å². The summed E-state index contributed by atoms with van der Waals surface area (Å²) >= 11 is 1.71. The smallest absolute Gasteiger partial charge is 0.335 e. The quantitative estimate of drug-likeness (QED) is 0.812. The highest BCUT2D eigenvalue weighted by Gasteiger charge is 2.26. The number of carboxylic acid groups (broad SMARTS) is 1. The van der Waals surface area contributed by atoms with Crippen molar-refractivity contribution in [3.05, 3.63) is 57.8 Å². The number of thiophene rings is 1. The summed E-state index contributed by atoms with van der Waals surface area (Å²) in [4.78, 5) is 27.3. The number of carbonyl (C=O) groups excluding carboxylic acids is 1. The highest BCUT2D eigenvalue weighted by molar-refractivity contribution is 7.10. The molecule has 0 aliphatic carbocycles. The minimum absolute atomic E-state index is 0.123. The van der Waals surface area contributed by atoms with Crippen LogP contribution in [-0.2, 0) is 0 Å². The van der Waals surface area contributed by atoms with Crippen LogP contribution in [0.3, 0.4) is 0 Å². The van der Waals surface area contributed by atoms with E-state index in [1.54, 1.807) is 23.5 Å². The third-order valence-corrected chi connectivity index (χ3v) is 5.93. The molecule has 1 fully saturated rings. The number of piperidine rings is 1. The first-order valence-corrected chi connectivity index (χ1v) is 9.81. The van der Waals surface area contributed by atoms with Crippen molar-refractivity contribution >= 4 is 23.2 Å². The van der Waals surface area contributed by atoms with E-state index in [1.807, 2.05) is 6.07 Å². The molecule has 1 aromatic heterocycles. The molecular formula is C20H24N2O3S.